The van der Waals surface area contributed by atoms with Crippen molar-refractivity contribution in [1.82, 2.24) is 10.2 Å². The van der Waals surface area contributed by atoms with Crippen LogP contribution in [-0.4, -0.2) is 31.4 Å². The van der Waals surface area contributed by atoms with Gasteiger partial charge in [-0.2, -0.15) is 11.3 Å². The Morgan fingerprint density at radius 2 is 2.05 bits per heavy atom. The van der Waals surface area contributed by atoms with Crippen LogP contribution in [0.3, 0.4) is 0 Å². The Bertz CT molecular complexity index is 576. The van der Waals surface area contributed by atoms with Crippen LogP contribution in [0.1, 0.15) is 17.2 Å². The standard InChI is InChI=1S/C17H20N2OS/c1-19(2)16(15-10-11-21-13-15)12-18-17(20)9-8-14-6-4-3-5-7-14/h3-11,13,16H,12H2,1-2H3,(H,18,20). The zero-order valence-electron chi connectivity index (χ0n) is 12.3. The molecule has 1 amide bonds. The van der Waals surface area contributed by atoms with Crippen molar-refractivity contribution in [2.24, 2.45) is 0 Å². The Morgan fingerprint density at radius 3 is 2.67 bits per heavy atom. The molecule has 110 valence electrons. The lowest BCUT2D eigenvalue weighted by Gasteiger charge is -2.23. The van der Waals surface area contributed by atoms with Gasteiger partial charge in [-0.25, -0.2) is 0 Å². The first-order chi connectivity index (χ1) is 10.2. The molecule has 0 aliphatic heterocycles. The number of amides is 1. The summed E-state index contributed by atoms with van der Waals surface area (Å²) in [5, 5.41) is 7.14. The third-order valence-electron chi connectivity index (χ3n) is 3.25. The van der Waals surface area contributed by atoms with Crippen LogP contribution in [0.25, 0.3) is 6.08 Å². The van der Waals surface area contributed by atoms with E-state index in [4.69, 9.17) is 0 Å². The van der Waals surface area contributed by atoms with Gasteiger partial charge in [0.1, 0.15) is 0 Å². The van der Waals surface area contributed by atoms with E-state index >= 15 is 0 Å². The summed E-state index contributed by atoms with van der Waals surface area (Å²) in [4.78, 5) is 14.0. The number of carbonyl (C=O) groups excluding carboxylic acids is 1. The molecule has 0 saturated carbocycles. The summed E-state index contributed by atoms with van der Waals surface area (Å²) in [5.74, 6) is -0.0686. The van der Waals surface area contributed by atoms with Crippen molar-refractivity contribution >= 4 is 23.3 Å². The van der Waals surface area contributed by atoms with E-state index in [2.05, 4.69) is 27.0 Å². The first kappa shape index (κ1) is 15.5. The number of likely N-dealkylation sites (N-methyl/N-ethyl adjacent to an activating group) is 1. The highest BCUT2D eigenvalue weighted by Crippen LogP contribution is 2.19. The van der Waals surface area contributed by atoms with Gasteiger partial charge in [0.2, 0.25) is 5.91 Å². The predicted molar refractivity (Wildman–Crippen MR) is 89.2 cm³/mol. The highest BCUT2D eigenvalue weighted by molar-refractivity contribution is 7.07. The molecular weight excluding hydrogens is 280 g/mol. The average molecular weight is 300 g/mol. The third kappa shape index (κ3) is 4.85. The molecule has 2 aromatic rings. The summed E-state index contributed by atoms with van der Waals surface area (Å²) in [5.41, 5.74) is 2.26. The molecule has 0 spiro atoms. The lowest BCUT2D eigenvalue weighted by atomic mass is 10.1. The smallest absolute Gasteiger partial charge is 0.244 e. The van der Waals surface area contributed by atoms with Gasteiger partial charge in [-0.15, -0.1) is 0 Å². The van der Waals surface area contributed by atoms with E-state index in [1.807, 2.05) is 50.5 Å². The van der Waals surface area contributed by atoms with Gasteiger partial charge < -0.3 is 10.2 Å². The van der Waals surface area contributed by atoms with Crippen LogP contribution in [0.15, 0.2) is 53.2 Å². The topological polar surface area (TPSA) is 32.3 Å². The molecule has 1 heterocycles. The SMILES string of the molecule is CN(C)C(CNC(=O)C=Cc1ccccc1)c1ccsc1. The average Bonchev–Trinajstić information content (AvgIpc) is 3.00. The number of benzene rings is 1. The number of thiophene rings is 1. The molecular formula is C17H20N2OS. The summed E-state index contributed by atoms with van der Waals surface area (Å²) in [6.45, 7) is 0.599. The summed E-state index contributed by atoms with van der Waals surface area (Å²) < 4.78 is 0. The van der Waals surface area contributed by atoms with E-state index in [1.54, 1.807) is 17.4 Å². The fourth-order valence-electron chi connectivity index (χ4n) is 2.06. The maximum Gasteiger partial charge on any atom is 0.244 e. The van der Waals surface area contributed by atoms with Crippen LogP contribution < -0.4 is 5.32 Å². The van der Waals surface area contributed by atoms with E-state index in [0.717, 1.165) is 5.56 Å². The molecule has 3 nitrogen and oxygen atoms in total. The van der Waals surface area contributed by atoms with Crippen LogP contribution in [0.2, 0.25) is 0 Å². The molecule has 1 aromatic heterocycles. The van der Waals surface area contributed by atoms with Crippen molar-refractivity contribution in [3.8, 4) is 0 Å². The van der Waals surface area contributed by atoms with Gasteiger partial charge in [-0.3, -0.25) is 4.79 Å². The molecule has 1 aromatic carbocycles. The van der Waals surface area contributed by atoms with Crippen molar-refractivity contribution in [3.05, 3.63) is 64.4 Å². The summed E-state index contributed by atoms with van der Waals surface area (Å²) in [7, 11) is 4.04. The molecule has 4 heteroatoms. The van der Waals surface area contributed by atoms with E-state index < -0.39 is 0 Å². The number of carbonyl (C=O) groups is 1. The van der Waals surface area contributed by atoms with Gasteiger partial charge >= 0.3 is 0 Å². The van der Waals surface area contributed by atoms with Gasteiger partial charge in [0.15, 0.2) is 0 Å². The Balaban J connectivity index is 1.89. The van der Waals surface area contributed by atoms with Gasteiger partial charge in [0, 0.05) is 12.6 Å². The van der Waals surface area contributed by atoms with Crippen molar-refractivity contribution in [3.63, 3.8) is 0 Å². The van der Waals surface area contributed by atoms with Crippen LogP contribution in [0.4, 0.5) is 0 Å². The predicted octanol–water partition coefficient (Wildman–Crippen LogP) is 3.18. The normalized spacial score (nSPS) is 12.7. The molecule has 1 atom stereocenters. The first-order valence-electron chi connectivity index (χ1n) is 6.86. The summed E-state index contributed by atoms with van der Waals surface area (Å²) in [6.07, 6.45) is 3.40. The van der Waals surface area contributed by atoms with Crippen LogP contribution in [0.5, 0.6) is 0 Å². The Hall–Kier alpha value is -1.91. The van der Waals surface area contributed by atoms with Crippen molar-refractivity contribution in [2.75, 3.05) is 20.6 Å². The minimum absolute atomic E-state index is 0.0686. The van der Waals surface area contributed by atoms with Crippen molar-refractivity contribution < 1.29 is 4.79 Å². The zero-order valence-corrected chi connectivity index (χ0v) is 13.1. The number of rotatable bonds is 6. The largest absolute Gasteiger partial charge is 0.351 e. The van der Waals surface area contributed by atoms with Crippen molar-refractivity contribution in [1.29, 1.82) is 0 Å². The molecule has 0 saturated heterocycles. The molecule has 2 rings (SSSR count). The first-order valence-corrected chi connectivity index (χ1v) is 7.80. The number of hydrogen-bond acceptors (Lipinski definition) is 3. The van der Waals surface area contributed by atoms with Gasteiger partial charge in [-0.1, -0.05) is 30.3 Å². The maximum absolute atomic E-state index is 11.9. The number of nitrogens with zero attached hydrogens (tertiary/aromatic N) is 1. The quantitative estimate of drug-likeness (QED) is 0.831. The monoisotopic (exact) mass is 300 g/mol. The highest BCUT2D eigenvalue weighted by atomic mass is 32.1. The molecule has 1 unspecified atom stereocenters. The van der Waals surface area contributed by atoms with Crippen LogP contribution in [-0.2, 0) is 4.79 Å². The van der Waals surface area contributed by atoms with Crippen LogP contribution in [0, 0.1) is 0 Å². The Morgan fingerprint density at radius 1 is 1.29 bits per heavy atom. The fraction of sp³-hybridized carbons (Fsp3) is 0.235. The lowest BCUT2D eigenvalue weighted by Crippen LogP contribution is -2.33. The molecule has 0 aliphatic rings. The second-order valence-electron chi connectivity index (χ2n) is 5.03. The van der Waals surface area contributed by atoms with E-state index in [0.29, 0.717) is 6.54 Å². The molecule has 0 bridgehead atoms. The molecule has 1 N–H and O–H groups in total. The molecule has 0 radical (unpaired) electrons. The van der Waals surface area contributed by atoms with Crippen molar-refractivity contribution in [2.45, 2.75) is 6.04 Å². The maximum atomic E-state index is 11.9. The minimum atomic E-state index is -0.0686. The van der Waals surface area contributed by atoms with Gasteiger partial charge in [0.25, 0.3) is 0 Å². The van der Waals surface area contributed by atoms with E-state index in [1.165, 1.54) is 5.56 Å². The fourth-order valence-corrected chi connectivity index (χ4v) is 2.76. The molecule has 21 heavy (non-hydrogen) atoms. The zero-order chi connectivity index (χ0) is 15.1. The Kier molecular flexibility index (Phi) is 5.72. The van der Waals surface area contributed by atoms with E-state index in [-0.39, 0.29) is 11.9 Å². The number of nitrogens with one attached hydrogen (secondary N) is 1. The Labute approximate surface area is 129 Å². The highest BCUT2D eigenvalue weighted by Gasteiger charge is 2.14. The minimum Gasteiger partial charge on any atom is -0.351 e. The van der Waals surface area contributed by atoms with Crippen LogP contribution >= 0.6 is 11.3 Å². The van der Waals surface area contributed by atoms with Gasteiger partial charge in [0.05, 0.1) is 6.04 Å². The van der Waals surface area contributed by atoms with E-state index in [9.17, 15) is 4.79 Å². The lowest BCUT2D eigenvalue weighted by molar-refractivity contribution is -0.116. The summed E-state index contributed by atoms with van der Waals surface area (Å²) in [6, 6.07) is 12.1. The second-order valence-corrected chi connectivity index (χ2v) is 5.81. The summed E-state index contributed by atoms with van der Waals surface area (Å²) >= 11 is 1.67. The second kappa shape index (κ2) is 7.76. The molecule has 0 fully saturated rings. The third-order valence-corrected chi connectivity index (χ3v) is 3.95. The van der Waals surface area contributed by atoms with Gasteiger partial charge in [-0.05, 0) is 48.1 Å². The molecule has 0 aliphatic carbocycles. The number of hydrogen-bond donors (Lipinski definition) is 1.